The van der Waals surface area contributed by atoms with E-state index in [1.165, 1.54) is 22.0 Å². The van der Waals surface area contributed by atoms with Crippen LogP contribution in [0.25, 0.3) is 0 Å². The molecule has 7 nitrogen and oxygen atoms in total. The summed E-state index contributed by atoms with van der Waals surface area (Å²) in [7, 11) is 3.77. The number of Topliss-reactive ketones (excluding diaryl/α,β-unsaturated/α-hetero) is 1. The fraction of sp³-hybridized carbons (Fsp3) is 0.368. The number of imidazole rings is 1. The second-order valence-corrected chi connectivity index (χ2v) is 6.78. The van der Waals surface area contributed by atoms with E-state index in [1.807, 2.05) is 44.1 Å². The first-order chi connectivity index (χ1) is 12.4. The molecule has 1 aliphatic heterocycles. The third-order valence-electron chi connectivity index (χ3n) is 4.44. The Balaban J connectivity index is 2.10. The number of hydrogen-bond donors (Lipinski definition) is 0. The largest absolute Gasteiger partial charge is 0.309 e. The number of ketones is 1. The number of anilines is 1. The van der Waals surface area contributed by atoms with Gasteiger partial charge in [-0.15, -0.1) is 0 Å². The van der Waals surface area contributed by atoms with E-state index in [0.29, 0.717) is 17.9 Å². The number of nitrogens with zero attached hydrogens (tertiary/aromatic N) is 4. The van der Waals surface area contributed by atoms with Gasteiger partial charge >= 0.3 is 0 Å². The number of fused-ring (bicyclic) bond motifs is 1. The predicted octanol–water partition coefficient (Wildman–Crippen LogP) is 1.83. The van der Waals surface area contributed by atoms with E-state index in [2.05, 4.69) is 4.98 Å². The number of hydrogen-bond acceptors (Lipinski definition) is 5. The predicted molar refractivity (Wildman–Crippen MR) is 97.1 cm³/mol. The van der Waals surface area contributed by atoms with Crippen LogP contribution in [0.3, 0.4) is 0 Å². The average molecular weight is 354 g/mol. The molecule has 136 valence electrons. The van der Waals surface area contributed by atoms with Gasteiger partial charge in [0.25, 0.3) is 0 Å². The molecule has 7 heteroatoms. The van der Waals surface area contributed by atoms with Crippen LogP contribution < -0.4 is 4.90 Å². The van der Waals surface area contributed by atoms with E-state index in [4.69, 9.17) is 0 Å². The normalized spacial score (nSPS) is 17.4. The monoisotopic (exact) mass is 354 g/mol. The molecular weight excluding hydrogens is 332 g/mol. The lowest BCUT2D eigenvalue weighted by Gasteiger charge is -2.29. The number of amides is 1. The molecule has 0 saturated heterocycles. The van der Waals surface area contributed by atoms with Crippen molar-refractivity contribution >= 4 is 23.3 Å². The standard InChI is InChI=1S/C19H22N4O3/c1-13-5-4-6-14(9-13)23-18(26)10-17(25)22-12-20-11-15(22)19(23)16(24)7-8-21(2)3/h4-6,9,11-12,19H,7-8,10H2,1-3H3. The molecule has 2 heterocycles. The summed E-state index contributed by atoms with van der Waals surface area (Å²) >= 11 is 0. The minimum atomic E-state index is -0.863. The first kappa shape index (κ1) is 18.0. The van der Waals surface area contributed by atoms with Gasteiger partial charge in [0.1, 0.15) is 18.8 Å². The minimum absolute atomic E-state index is 0.120. The Hall–Kier alpha value is -2.80. The topological polar surface area (TPSA) is 75.5 Å². The van der Waals surface area contributed by atoms with E-state index >= 15 is 0 Å². The quantitative estimate of drug-likeness (QED) is 0.766. The number of carbonyl (C=O) groups excluding carboxylic acids is 3. The summed E-state index contributed by atoms with van der Waals surface area (Å²) in [6.07, 6.45) is 2.84. The minimum Gasteiger partial charge on any atom is -0.309 e. The first-order valence-electron chi connectivity index (χ1n) is 8.50. The van der Waals surface area contributed by atoms with E-state index < -0.39 is 6.04 Å². The van der Waals surface area contributed by atoms with Crippen molar-refractivity contribution in [2.75, 3.05) is 25.5 Å². The summed E-state index contributed by atoms with van der Waals surface area (Å²) in [4.78, 5) is 45.7. The lowest BCUT2D eigenvalue weighted by atomic mass is 10.0. The van der Waals surface area contributed by atoms with Crippen molar-refractivity contribution in [3.05, 3.63) is 48.0 Å². The molecule has 0 spiro atoms. The Bertz CT molecular complexity index is 856. The van der Waals surface area contributed by atoms with Crippen molar-refractivity contribution in [1.82, 2.24) is 14.5 Å². The molecule has 0 radical (unpaired) electrons. The average Bonchev–Trinajstić information content (AvgIpc) is 3.02. The molecule has 1 aromatic heterocycles. The van der Waals surface area contributed by atoms with Gasteiger partial charge in [-0.3, -0.25) is 23.9 Å². The van der Waals surface area contributed by atoms with Crippen LogP contribution in [0, 0.1) is 6.92 Å². The van der Waals surface area contributed by atoms with Crippen LogP contribution in [-0.2, 0) is 9.59 Å². The maximum atomic E-state index is 13.1. The second-order valence-electron chi connectivity index (χ2n) is 6.78. The van der Waals surface area contributed by atoms with Crippen LogP contribution in [0.2, 0.25) is 0 Å². The fourth-order valence-corrected chi connectivity index (χ4v) is 3.14. The van der Waals surface area contributed by atoms with Crippen molar-refractivity contribution in [2.24, 2.45) is 0 Å². The highest BCUT2D eigenvalue weighted by molar-refractivity contribution is 6.11. The molecule has 0 saturated carbocycles. The molecule has 0 aliphatic carbocycles. The molecule has 0 bridgehead atoms. The van der Waals surface area contributed by atoms with E-state index in [1.54, 1.807) is 6.07 Å². The Kier molecular flexibility index (Phi) is 4.99. The maximum absolute atomic E-state index is 13.1. The Morgan fingerprint density at radius 3 is 2.73 bits per heavy atom. The Labute approximate surface area is 152 Å². The lowest BCUT2D eigenvalue weighted by molar-refractivity contribution is -0.125. The van der Waals surface area contributed by atoms with Gasteiger partial charge in [0.15, 0.2) is 5.78 Å². The van der Waals surface area contributed by atoms with Crippen LogP contribution >= 0.6 is 0 Å². The highest BCUT2D eigenvalue weighted by Crippen LogP contribution is 2.32. The Morgan fingerprint density at radius 1 is 1.27 bits per heavy atom. The first-order valence-corrected chi connectivity index (χ1v) is 8.50. The summed E-state index contributed by atoms with van der Waals surface area (Å²) in [5.41, 5.74) is 2.02. The molecule has 1 aromatic carbocycles. The molecule has 26 heavy (non-hydrogen) atoms. The molecule has 2 aromatic rings. The lowest BCUT2D eigenvalue weighted by Crippen LogP contribution is -2.39. The van der Waals surface area contributed by atoms with Crippen LogP contribution in [0.5, 0.6) is 0 Å². The zero-order valence-electron chi connectivity index (χ0n) is 15.2. The van der Waals surface area contributed by atoms with E-state index in [0.717, 1.165) is 5.56 Å². The highest BCUT2D eigenvalue weighted by Gasteiger charge is 2.39. The highest BCUT2D eigenvalue weighted by atomic mass is 16.2. The number of benzene rings is 1. The number of aromatic nitrogens is 2. The van der Waals surface area contributed by atoms with Crippen molar-refractivity contribution in [1.29, 1.82) is 0 Å². The molecular formula is C19H22N4O3. The van der Waals surface area contributed by atoms with E-state index in [9.17, 15) is 14.4 Å². The van der Waals surface area contributed by atoms with Crippen molar-refractivity contribution in [2.45, 2.75) is 25.8 Å². The van der Waals surface area contributed by atoms with Crippen LogP contribution in [-0.4, -0.2) is 52.7 Å². The molecule has 1 atom stereocenters. The third kappa shape index (κ3) is 3.43. The zero-order valence-corrected chi connectivity index (χ0v) is 15.2. The number of carbonyl (C=O) groups is 3. The maximum Gasteiger partial charge on any atom is 0.241 e. The van der Waals surface area contributed by atoms with Gasteiger partial charge in [-0.2, -0.15) is 0 Å². The van der Waals surface area contributed by atoms with Gasteiger partial charge in [0, 0.05) is 18.7 Å². The molecule has 1 aliphatic rings. The summed E-state index contributed by atoms with van der Waals surface area (Å²) in [6.45, 7) is 2.48. The molecule has 3 rings (SSSR count). The van der Waals surface area contributed by atoms with Crippen LogP contribution in [0.1, 0.15) is 34.9 Å². The van der Waals surface area contributed by atoms with Crippen LogP contribution in [0.4, 0.5) is 5.69 Å². The smallest absolute Gasteiger partial charge is 0.241 e. The van der Waals surface area contributed by atoms with Gasteiger partial charge in [0.2, 0.25) is 11.8 Å². The fourth-order valence-electron chi connectivity index (χ4n) is 3.14. The van der Waals surface area contributed by atoms with Gasteiger partial charge in [0.05, 0.1) is 11.9 Å². The summed E-state index contributed by atoms with van der Waals surface area (Å²) in [5.74, 6) is -0.874. The molecule has 0 N–H and O–H groups in total. The number of aryl methyl sites for hydroxylation is 1. The molecule has 1 unspecified atom stereocenters. The third-order valence-corrected chi connectivity index (χ3v) is 4.44. The molecule has 1 amide bonds. The van der Waals surface area contributed by atoms with Gasteiger partial charge in [-0.1, -0.05) is 12.1 Å². The van der Waals surface area contributed by atoms with Gasteiger partial charge in [-0.05, 0) is 38.7 Å². The molecule has 0 fully saturated rings. The SMILES string of the molecule is Cc1cccc(N2C(=O)CC(=O)n3cncc3C2C(=O)CCN(C)C)c1. The van der Waals surface area contributed by atoms with Crippen molar-refractivity contribution in [3.63, 3.8) is 0 Å². The van der Waals surface area contributed by atoms with Gasteiger partial charge in [-0.25, -0.2) is 4.98 Å². The summed E-state index contributed by atoms with van der Waals surface area (Å²) in [6, 6.07) is 6.53. The van der Waals surface area contributed by atoms with Crippen molar-refractivity contribution < 1.29 is 14.4 Å². The van der Waals surface area contributed by atoms with Crippen LogP contribution in [0.15, 0.2) is 36.8 Å². The Morgan fingerprint density at radius 2 is 2.04 bits per heavy atom. The number of rotatable bonds is 5. The zero-order chi connectivity index (χ0) is 18.8. The summed E-state index contributed by atoms with van der Waals surface area (Å²) in [5, 5.41) is 0. The summed E-state index contributed by atoms with van der Waals surface area (Å²) < 4.78 is 1.33. The van der Waals surface area contributed by atoms with Crippen molar-refractivity contribution in [3.8, 4) is 0 Å². The van der Waals surface area contributed by atoms with E-state index in [-0.39, 0.29) is 30.4 Å². The van der Waals surface area contributed by atoms with Gasteiger partial charge < -0.3 is 4.90 Å². The second kappa shape index (κ2) is 7.21.